The molecule has 1 saturated carbocycles. The van der Waals surface area contributed by atoms with Crippen molar-refractivity contribution in [2.24, 2.45) is 0 Å². The predicted octanol–water partition coefficient (Wildman–Crippen LogP) is 5.49. The minimum absolute atomic E-state index is 0.00881. The van der Waals surface area contributed by atoms with Crippen molar-refractivity contribution in [1.29, 1.82) is 0 Å². The summed E-state index contributed by atoms with van der Waals surface area (Å²) >= 11 is 0. The molecule has 0 spiro atoms. The number of benzene rings is 4. The van der Waals surface area contributed by atoms with Gasteiger partial charge in [0.05, 0.1) is 15.5 Å². The molecule has 46 heavy (non-hydrogen) atoms. The zero-order valence-corrected chi connectivity index (χ0v) is 26.1. The largest absolute Gasteiger partial charge is 0.352 e. The maximum atomic E-state index is 14.5. The van der Waals surface area contributed by atoms with Crippen LogP contribution in [0.25, 0.3) is 0 Å². The van der Waals surface area contributed by atoms with E-state index in [2.05, 4.69) is 5.32 Å². The van der Waals surface area contributed by atoms with E-state index in [9.17, 15) is 28.1 Å². The van der Waals surface area contributed by atoms with Crippen LogP contribution >= 0.6 is 0 Å². The first-order valence-corrected chi connectivity index (χ1v) is 16.7. The standard InChI is InChI=1S/C35H36N4O6S/c40-34(26-38(30-20-22-31(23-21-30)39(42)43)46(44,45)32-18-8-3-9-19-32)37(25-28-14-6-2-7-15-28)33(24-27-12-4-1-5-13-27)35(41)36-29-16-10-11-17-29/h1-9,12-15,18-23,29,33H,10-11,16-17,24-26H2,(H,36,41)/t33-/m1/s1. The first-order chi connectivity index (χ1) is 22.2. The molecule has 0 bridgehead atoms. The molecular weight excluding hydrogens is 604 g/mol. The van der Waals surface area contributed by atoms with Gasteiger partial charge in [-0.3, -0.25) is 24.0 Å². The second-order valence-electron chi connectivity index (χ2n) is 11.3. The number of non-ortho nitro benzene ring substituents is 1. The van der Waals surface area contributed by atoms with Crippen LogP contribution in [0.4, 0.5) is 11.4 Å². The Morgan fingerprint density at radius 2 is 1.35 bits per heavy atom. The van der Waals surface area contributed by atoms with E-state index in [0.717, 1.165) is 41.1 Å². The first-order valence-electron chi connectivity index (χ1n) is 15.2. The van der Waals surface area contributed by atoms with E-state index in [1.165, 1.54) is 41.3 Å². The number of rotatable bonds is 13. The quantitative estimate of drug-likeness (QED) is 0.152. The molecule has 0 aromatic heterocycles. The van der Waals surface area contributed by atoms with Gasteiger partial charge >= 0.3 is 0 Å². The summed E-state index contributed by atoms with van der Waals surface area (Å²) in [4.78, 5) is 40.7. The van der Waals surface area contributed by atoms with Crippen LogP contribution in [0.15, 0.2) is 120 Å². The molecule has 1 fully saturated rings. The van der Waals surface area contributed by atoms with E-state index in [-0.39, 0.29) is 41.2 Å². The molecule has 1 N–H and O–H groups in total. The van der Waals surface area contributed by atoms with E-state index >= 15 is 0 Å². The summed E-state index contributed by atoms with van der Waals surface area (Å²) in [5.74, 6) is -0.892. The Morgan fingerprint density at radius 1 is 0.804 bits per heavy atom. The van der Waals surface area contributed by atoms with Crippen LogP contribution in [0.3, 0.4) is 0 Å². The molecule has 0 saturated heterocycles. The van der Waals surface area contributed by atoms with Crippen molar-refractivity contribution in [3.63, 3.8) is 0 Å². The zero-order valence-electron chi connectivity index (χ0n) is 25.3. The summed E-state index contributed by atoms with van der Waals surface area (Å²) in [5, 5.41) is 14.5. The normalized spacial score (nSPS) is 13.9. The van der Waals surface area contributed by atoms with Crippen LogP contribution in [-0.4, -0.2) is 48.7 Å². The van der Waals surface area contributed by atoms with Crippen LogP contribution in [0, 0.1) is 10.1 Å². The fraction of sp³-hybridized carbons (Fsp3) is 0.257. The van der Waals surface area contributed by atoms with Crippen molar-refractivity contribution < 1.29 is 22.9 Å². The average molecular weight is 641 g/mol. The number of carbonyl (C=O) groups excluding carboxylic acids is 2. The summed E-state index contributed by atoms with van der Waals surface area (Å²) in [6, 6.07) is 30.4. The van der Waals surface area contributed by atoms with Crippen molar-refractivity contribution in [2.75, 3.05) is 10.8 Å². The molecule has 0 heterocycles. The highest BCUT2D eigenvalue weighted by Crippen LogP contribution is 2.27. The molecule has 5 rings (SSSR count). The molecule has 0 radical (unpaired) electrons. The molecule has 238 valence electrons. The minimum atomic E-state index is -4.30. The zero-order chi connectivity index (χ0) is 32.5. The van der Waals surface area contributed by atoms with Gasteiger partial charge in [0.15, 0.2) is 0 Å². The Morgan fingerprint density at radius 3 is 1.91 bits per heavy atom. The topological polar surface area (TPSA) is 130 Å². The molecule has 0 unspecified atom stereocenters. The number of anilines is 1. The molecule has 0 aliphatic heterocycles. The Bertz CT molecular complexity index is 1730. The number of hydrogen-bond donors (Lipinski definition) is 1. The fourth-order valence-corrected chi connectivity index (χ4v) is 7.13. The summed E-state index contributed by atoms with van der Waals surface area (Å²) in [5.41, 5.74) is 1.49. The predicted molar refractivity (Wildman–Crippen MR) is 175 cm³/mol. The van der Waals surface area contributed by atoms with Gasteiger partial charge in [-0.2, -0.15) is 0 Å². The summed E-state index contributed by atoms with van der Waals surface area (Å²) in [7, 11) is -4.30. The van der Waals surface area contributed by atoms with Crippen molar-refractivity contribution in [1.82, 2.24) is 10.2 Å². The van der Waals surface area contributed by atoms with E-state index in [4.69, 9.17) is 0 Å². The highest BCUT2D eigenvalue weighted by Gasteiger charge is 2.35. The van der Waals surface area contributed by atoms with E-state index in [0.29, 0.717) is 0 Å². The van der Waals surface area contributed by atoms with Crippen LogP contribution < -0.4 is 9.62 Å². The number of nitrogens with one attached hydrogen (secondary N) is 1. The van der Waals surface area contributed by atoms with Gasteiger partial charge in [0.25, 0.3) is 15.7 Å². The monoisotopic (exact) mass is 640 g/mol. The molecule has 2 amide bonds. The lowest BCUT2D eigenvalue weighted by Gasteiger charge is -2.34. The molecule has 1 aliphatic rings. The lowest BCUT2D eigenvalue weighted by molar-refractivity contribution is -0.384. The molecule has 1 aliphatic carbocycles. The smallest absolute Gasteiger partial charge is 0.269 e. The van der Waals surface area contributed by atoms with Crippen LogP contribution in [0.2, 0.25) is 0 Å². The number of nitro benzene ring substituents is 1. The van der Waals surface area contributed by atoms with Gasteiger partial charge < -0.3 is 10.2 Å². The average Bonchev–Trinajstić information content (AvgIpc) is 3.59. The van der Waals surface area contributed by atoms with Gasteiger partial charge in [-0.05, 0) is 48.2 Å². The molecule has 4 aromatic carbocycles. The van der Waals surface area contributed by atoms with Crippen LogP contribution in [-0.2, 0) is 32.6 Å². The van der Waals surface area contributed by atoms with Crippen LogP contribution in [0.1, 0.15) is 36.8 Å². The third-order valence-electron chi connectivity index (χ3n) is 8.13. The number of hydrogen-bond acceptors (Lipinski definition) is 6. The SMILES string of the molecule is O=C(NC1CCCC1)[C@@H](Cc1ccccc1)N(Cc1ccccc1)C(=O)CN(c1ccc([N+](=O)[O-])cc1)S(=O)(=O)c1ccccc1. The molecule has 4 aromatic rings. The number of nitro groups is 1. The van der Waals surface area contributed by atoms with Gasteiger partial charge in [-0.15, -0.1) is 0 Å². The Balaban J connectivity index is 1.55. The molecule has 11 heteroatoms. The maximum absolute atomic E-state index is 14.5. The van der Waals surface area contributed by atoms with Gasteiger partial charge in [0.1, 0.15) is 12.6 Å². The summed E-state index contributed by atoms with van der Waals surface area (Å²) in [6.07, 6.45) is 3.98. The molecule has 1 atom stereocenters. The van der Waals surface area contributed by atoms with E-state index in [1.54, 1.807) is 18.2 Å². The number of sulfonamides is 1. The number of nitrogens with zero attached hydrogens (tertiary/aromatic N) is 3. The van der Waals surface area contributed by atoms with E-state index in [1.807, 2.05) is 60.7 Å². The van der Waals surface area contributed by atoms with Crippen molar-refractivity contribution in [3.8, 4) is 0 Å². The molecular formula is C35H36N4O6S. The second-order valence-corrected chi connectivity index (χ2v) is 13.2. The van der Waals surface area contributed by atoms with Crippen molar-refractivity contribution in [3.05, 3.63) is 137 Å². The number of carbonyl (C=O) groups is 2. The lowest BCUT2D eigenvalue weighted by atomic mass is 10.0. The van der Waals surface area contributed by atoms with Crippen molar-refractivity contribution >= 4 is 33.2 Å². The summed E-state index contributed by atoms with van der Waals surface area (Å²) < 4.78 is 29.0. The minimum Gasteiger partial charge on any atom is -0.352 e. The summed E-state index contributed by atoms with van der Waals surface area (Å²) in [6.45, 7) is -0.571. The highest BCUT2D eigenvalue weighted by atomic mass is 32.2. The van der Waals surface area contributed by atoms with Gasteiger partial charge in [-0.25, -0.2) is 8.42 Å². The van der Waals surface area contributed by atoms with Gasteiger partial charge in [-0.1, -0.05) is 91.7 Å². The maximum Gasteiger partial charge on any atom is 0.269 e. The van der Waals surface area contributed by atoms with Gasteiger partial charge in [0, 0.05) is 31.1 Å². The third-order valence-corrected chi connectivity index (χ3v) is 9.92. The second kappa shape index (κ2) is 14.8. The lowest BCUT2D eigenvalue weighted by Crippen LogP contribution is -2.54. The van der Waals surface area contributed by atoms with Gasteiger partial charge in [0.2, 0.25) is 11.8 Å². The van der Waals surface area contributed by atoms with Crippen LogP contribution in [0.5, 0.6) is 0 Å². The highest BCUT2D eigenvalue weighted by molar-refractivity contribution is 7.92. The Labute approximate surface area is 268 Å². The number of amides is 2. The third kappa shape index (κ3) is 7.97. The van der Waals surface area contributed by atoms with E-state index < -0.39 is 33.4 Å². The molecule has 10 nitrogen and oxygen atoms in total. The fourth-order valence-electron chi connectivity index (χ4n) is 5.69. The first kappa shape index (κ1) is 32.4. The Kier molecular flexibility index (Phi) is 10.4. The van der Waals surface area contributed by atoms with Crippen molar-refractivity contribution in [2.45, 2.75) is 55.6 Å². The Hall–Kier alpha value is -5.03.